The molecule has 1 fully saturated rings. The number of likely N-dealkylation sites (tertiary alicyclic amines) is 1. The smallest absolute Gasteiger partial charge is 0.223 e. The minimum atomic E-state index is -0.0521. The lowest BCUT2D eigenvalue weighted by Gasteiger charge is -2.23. The molecule has 0 spiro atoms. The van der Waals surface area contributed by atoms with Gasteiger partial charge in [-0.25, -0.2) is 0 Å². The number of hydrogen-bond donors (Lipinski definition) is 1. The van der Waals surface area contributed by atoms with Crippen molar-refractivity contribution < 1.29 is 9.90 Å². The van der Waals surface area contributed by atoms with Crippen LogP contribution < -0.4 is 0 Å². The summed E-state index contributed by atoms with van der Waals surface area (Å²) in [6.45, 7) is 0.514. The first-order valence-corrected chi connectivity index (χ1v) is 5.74. The monoisotopic (exact) mass is 239 g/mol. The molecule has 2 rings (SSSR count). The minimum absolute atomic E-state index is 0.0240. The van der Waals surface area contributed by atoms with Gasteiger partial charge in [0.2, 0.25) is 5.91 Å². The number of benzene rings is 1. The van der Waals surface area contributed by atoms with Crippen LogP contribution in [0.2, 0.25) is 5.02 Å². The van der Waals surface area contributed by atoms with E-state index in [-0.39, 0.29) is 18.6 Å². The fourth-order valence-corrected chi connectivity index (χ4v) is 2.21. The van der Waals surface area contributed by atoms with Gasteiger partial charge >= 0.3 is 0 Å². The van der Waals surface area contributed by atoms with Crippen LogP contribution in [-0.2, 0) is 11.3 Å². The Bertz CT molecular complexity index is 394. The van der Waals surface area contributed by atoms with E-state index in [1.54, 1.807) is 4.90 Å². The van der Waals surface area contributed by atoms with Crippen LogP contribution in [0.15, 0.2) is 24.3 Å². The molecule has 1 aromatic carbocycles. The normalized spacial score (nSPS) is 20.5. The molecule has 0 aliphatic carbocycles. The van der Waals surface area contributed by atoms with E-state index in [1.165, 1.54) is 0 Å². The van der Waals surface area contributed by atoms with Crippen LogP contribution in [0.5, 0.6) is 0 Å². The van der Waals surface area contributed by atoms with Gasteiger partial charge in [0.1, 0.15) is 0 Å². The highest BCUT2D eigenvalue weighted by Gasteiger charge is 2.30. The van der Waals surface area contributed by atoms with E-state index in [0.29, 0.717) is 18.0 Å². The van der Waals surface area contributed by atoms with Crippen molar-refractivity contribution in [1.82, 2.24) is 4.90 Å². The van der Waals surface area contributed by atoms with Crippen molar-refractivity contribution in [2.24, 2.45) is 0 Å². The molecule has 1 aliphatic rings. The van der Waals surface area contributed by atoms with Crippen molar-refractivity contribution in [2.75, 3.05) is 6.61 Å². The molecule has 86 valence electrons. The van der Waals surface area contributed by atoms with Gasteiger partial charge in [0.15, 0.2) is 0 Å². The number of aliphatic hydroxyl groups is 1. The third kappa shape index (κ3) is 2.20. The standard InChI is InChI=1S/C12H14ClNO2/c13-11-4-2-1-3-9(11)7-14-10(8-15)5-6-12(14)16/h1-4,10,15H,5-8H2. The maximum atomic E-state index is 11.6. The van der Waals surface area contributed by atoms with Crippen LogP contribution >= 0.6 is 11.6 Å². The zero-order valence-electron chi connectivity index (χ0n) is 8.90. The molecule has 1 aliphatic heterocycles. The maximum Gasteiger partial charge on any atom is 0.223 e. The Morgan fingerprint density at radius 2 is 2.19 bits per heavy atom. The van der Waals surface area contributed by atoms with E-state index in [9.17, 15) is 9.90 Å². The van der Waals surface area contributed by atoms with Crippen molar-refractivity contribution in [3.8, 4) is 0 Å². The highest BCUT2D eigenvalue weighted by atomic mass is 35.5. The first-order valence-electron chi connectivity index (χ1n) is 5.36. The predicted molar refractivity (Wildman–Crippen MR) is 62.1 cm³/mol. The van der Waals surface area contributed by atoms with Crippen molar-refractivity contribution in [2.45, 2.75) is 25.4 Å². The van der Waals surface area contributed by atoms with E-state index in [4.69, 9.17) is 11.6 Å². The van der Waals surface area contributed by atoms with E-state index in [1.807, 2.05) is 24.3 Å². The molecule has 1 atom stereocenters. The summed E-state index contributed by atoms with van der Waals surface area (Å²) in [6.07, 6.45) is 1.26. The number of carbonyl (C=O) groups is 1. The van der Waals surface area contributed by atoms with Gasteiger partial charge in [0, 0.05) is 18.0 Å². The molecule has 0 bridgehead atoms. The topological polar surface area (TPSA) is 40.5 Å². The molecule has 1 unspecified atom stereocenters. The average molecular weight is 240 g/mol. The number of nitrogens with zero attached hydrogens (tertiary/aromatic N) is 1. The quantitative estimate of drug-likeness (QED) is 0.874. The van der Waals surface area contributed by atoms with Crippen LogP contribution in [0.4, 0.5) is 0 Å². The van der Waals surface area contributed by atoms with Crippen LogP contribution in [0, 0.1) is 0 Å². The Hall–Kier alpha value is -1.06. The highest BCUT2D eigenvalue weighted by molar-refractivity contribution is 6.31. The van der Waals surface area contributed by atoms with Gasteiger partial charge in [-0.05, 0) is 18.1 Å². The van der Waals surface area contributed by atoms with Gasteiger partial charge in [-0.3, -0.25) is 4.79 Å². The van der Waals surface area contributed by atoms with Crippen LogP contribution in [0.3, 0.4) is 0 Å². The molecule has 0 aromatic heterocycles. The zero-order valence-corrected chi connectivity index (χ0v) is 9.65. The summed E-state index contributed by atoms with van der Waals surface area (Å²) in [7, 11) is 0. The van der Waals surface area contributed by atoms with Crippen molar-refractivity contribution in [1.29, 1.82) is 0 Å². The van der Waals surface area contributed by atoms with Crippen molar-refractivity contribution in [3.05, 3.63) is 34.9 Å². The second-order valence-electron chi connectivity index (χ2n) is 3.99. The molecule has 1 heterocycles. The number of carbonyl (C=O) groups excluding carboxylic acids is 1. The Labute approximate surface area is 99.6 Å². The van der Waals surface area contributed by atoms with Crippen LogP contribution in [0.1, 0.15) is 18.4 Å². The zero-order chi connectivity index (χ0) is 11.5. The van der Waals surface area contributed by atoms with Crippen LogP contribution in [0.25, 0.3) is 0 Å². The summed E-state index contributed by atoms with van der Waals surface area (Å²) in [5.41, 5.74) is 0.929. The highest BCUT2D eigenvalue weighted by Crippen LogP contribution is 2.24. The second-order valence-corrected chi connectivity index (χ2v) is 4.40. The summed E-state index contributed by atoms with van der Waals surface area (Å²) in [6, 6.07) is 7.42. The summed E-state index contributed by atoms with van der Waals surface area (Å²) in [4.78, 5) is 13.3. The van der Waals surface area contributed by atoms with E-state index in [0.717, 1.165) is 12.0 Å². The number of aliphatic hydroxyl groups excluding tert-OH is 1. The third-order valence-electron chi connectivity index (χ3n) is 2.96. The van der Waals surface area contributed by atoms with Crippen molar-refractivity contribution >= 4 is 17.5 Å². The lowest BCUT2D eigenvalue weighted by Crippen LogP contribution is -2.34. The summed E-state index contributed by atoms with van der Waals surface area (Å²) in [5, 5.41) is 9.84. The molecule has 16 heavy (non-hydrogen) atoms. The number of rotatable bonds is 3. The SMILES string of the molecule is O=C1CCC(CO)N1Cc1ccccc1Cl. The molecule has 1 aromatic rings. The summed E-state index contributed by atoms with van der Waals surface area (Å²) >= 11 is 6.04. The maximum absolute atomic E-state index is 11.6. The Morgan fingerprint density at radius 3 is 2.88 bits per heavy atom. The molecule has 0 saturated carbocycles. The Balaban J connectivity index is 2.14. The molecule has 1 N–H and O–H groups in total. The molecule has 3 nitrogen and oxygen atoms in total. The molecule has 0 radical (unpaired) electrons. The molecular formula is C12H14ClNO2. The fourth-order valence-electron chi connectivity index (χ4n) is 2.01. The minimum Gasteiger partial charge on any atom is -0.394 e. The number of halogens is 1. The van der Waals surface area contributed by atoms with Crippen LogP contribution in [-0.4, -0.2) is 28.6 Å². The number of amides is 1. The van der Waals surface area contributed by atoms with Gasteiger partial charge in [0.05, 0.1) is 12.6 Å². The lowest BCUT2D eigenvalue weighted by molar-refractivity contribution is -0.130. The van der Waals surface area contributed by atoms with E-state index in [2.05, 4.69) is 0 Å². The van der Waals surface area contributed by atoms with E-state index < -0.39 is 0 Å². The summed E-state index contributed by atoms with van der Waals surface area (Å²) in [5.74, 6) is 0.0963. The first kappa shape index (κ1) is 11.4. The largest absolute Gasteiger partial charge is 0.394 e. The van der Waals surface area contributed by atoms with Crippen molar-refractivity contribution in [3.63, 3.8) is 0 Å². The van der Waals surface area contributed by atoms with E-state index >= 15 is 0 Å². The number of hydrogen-bond acceptors (Lipinski definition) is 2. The Kier molecular flexibility index (Phi) is 3.46. The fraction of sp³-hybridized carbons (Fsp3) is 0.417. The molecule has 4 heteroatoms. The predicted octanol–water partition coefficient (Wildman–Crippen LogP) is 1.82. The van der Waals surface area contributed by atoms with Gasteiger partial charge < -0.3 is 10.0 Å². The van der Waals surface area contributed by atoms with Gasteiger partial charge in [0.25, 0.3) is 0 Å². The van der Waals surface area contributed by atoms with Gasteiger partial charge in [-0.15, -0.1) is 0 Å². The van der Waals surface area contributed by atoms with Gasteiger partial charge in [-0.2, -0.15) is 0 Å². The molecule has 1 saturated heterocycles. The lowest BCUT2D eigenvalue weighted by atomic mass is 10.2. The van der Waals surface area contributed by atoms with Gasteiger partial charge in [-0.1, -0.05) is 29.8 Å². The first-order chi connectivity index (χ1) is 7.72. The molecule has 1 amide bonds. The summed E-state index contributed by atoms with van der Waals surface area (Å²) < 4.78 is 0. The molecular weight excluding hydrogens is 226 g/mol. The third-order valence-corrected chi connectivity index (χ3v) is 3.33. The second kappa shape index (κ2) is 4.85. The average Bonchev–Trinajstić information content (AvgIpc) is 2.63. The Morgan fingerprint density at radius 1 is 1.44 bits per heavy atom.